The van der Waals surface area contributed by atoms with E-state index in [1.807, 2.05) is 6.92 Å². The third-order valence-electron chi connectivity index (χ3n) is 4.22. The average molecular weight is 399 g/mol. The van der Waals surface area contributed by atoms with Gasteiger partial charge in [0.05, 0.1) is 24.0 Å². The molecule has 0 fully saturated rings. The fourth-order valence-electron chi connectivity index (χ4n) is 2.77. The van der Waals surface area contributed by atoms with E-state index >= 15 is 0 Å². The van der Waals surface area contributed by atoms with Gasteiger partial charge in [-0.05, 0) is 37.3 Å². The predicted molar refractivity (Wildman–Crippen MR) is 107 cm³/mol. The van der Waals surface area contributed by atoms with Crippen LogP contribution in [0.1, 0.15) is 23.1 Å². The van der Waals surface area contributed by atoms with Gasteiger partial charge in [-0.25, -0.2) is 4.98 Å². The zero-order valence-corrected chi connectivity index (χ0v) is 16.0. The highest BCUT2D eigenvalue weighted by Crippen LogP contribution is 2.10. The minimum Gasteiger partial charge on any atom is -0.343 e. The van der Waals surface area contributed by atoms with Gasteiger partial charge >= 0.3 is 0 Å². The van der Waals surface area contributed by atoms with Crippen molar-refractivity contribution in [3.8, 4) is 0 Å². The molecule has 3 rings (SSSR count). The first-order valence-corrected chi connectivity index (χ1v) is 9.15. The second kappa shape index (κ2) is 8.67. The Morgan fingerprint density at radius 2 is 1.96 bits per heavy atom. The Kier molecular flexibility index (Phi) is 6.06. The van der Waals surface area contributed by atoms with E-state index in [2.05, 4.69) is 15.3 Å². The van der Waals surface area contributed by atoms with Crippen molar-refractivity contribution >= 4 is 34.3 Å². The number of nitrogens with zero attached hydrogens (tertiary/aromatic N) is 2. The molecule has 28 heavy (non-hydrogen) atoms. The summed E-state index contributed by atoms with van der Waals surface area (Å²) in [5.74, 6) is -0.280. The summed E-state index contributed by atoms with van der Waals surface area (Å²) in [5, 5.41) is 3.53. The van der Waals surface area contributed by atoms with E-state index < -0.39 is 0 Å². The van der Waals surface area contributed by atoms with Gasteiger partial charge in [0, 0.05) is 17.1 Å². The van der Waals surface area contributed by atoms with Gasteiger partial charge in [-0.15, -0.1) is 0 Å². The number of hydrogen-bond donors (Lipinski definition) is 2. The van der Waals surface area contributed by atoms with Crippen molar-refractivity contribution < 1.29 is 9.59 Å². The molecule has 0 aliphatic rings. The molecule has 1 heterocycles. The number of hydrogen-bond acceptors (Lipinski definition) is 4. The molecule has 0 aliphatic heterocycles. The molecule has 0 bridgehead atoms. The number of benzene rings is 2. The Hall–Kier alpha value is -3.19. The second-order valence-corrected chi connectivity index (χ2v) is 6.57. The maximum Gasteiger partial charge on any atom is 0.258 e. The van der Waals surface area contributed by atoms with E-state index in [0.717, 1.165) is 0 Å². The molecular weight excluding hydrogens is 380 g/mol. The molecule has 1 aromatic heterocycles. The lowest BCUT2D eigenvalue weighted by atomic mass is 10.2. The van der Waals surface area contributed by atoms with Gasteiger partial charge in [0.1, 0.15) is 5.82 Å². The van der Waals surface area contributed by atoms with E-state index in [4.69, 9.17) is 11.6 Å². The smallest absolute Gasteiger partial charge is 0.258 e. The minimum atomic E-state index is -0.385. The summed E-state index contributed by atoms with van der Waals surface area (Å²) in [5.41, 5.74) is 0.696. The normalized spacial score (nSPS) is 10.6. The maximum absolute atomic E-state index is 12.5. The van der Waals surface area contributed by atoms with Crippen LogP contribution in [0.5, 0.6) is 0 Å². The Morgan fingerprint density at radius 1 is 1.18 bits per heavy atom. The van der Waals surface area contributed by atoms with Crippen LogP contribution in [-0.2, 0) is 11.3 Å². The molecule has 7 nitrogen and oxygen atoms in total. The lowest BCUT2D eigenvalue weighted by Crippen LogP contribution is -2.40. The number of aromatic nitrogens is 2. The SMILES string of the molecule is CCN(Cc1nc2ccccc2c(=O)[nH]1)C(=O)CNC(=O)c1cccc(Cl)c1. The third-order valence-corrected chi connectivity index (χ3v) is 4.46. The van der Waals surface area contributed by atoms with E-state index in [0.29, 0.717) is 33.9 Å². The fraction of sp³-hybridized carbons (Fsp3) is 0.200. The summed E-state index contributed by atoms with van der Waals surface area (Å²) in [6.45, 7) is 2.19. The molecule has 0 aliphatic carbocycles. The molecule has 2 amide bonds. The largest absolute Gasteiger partial charge is 0.343 e. The van der Waals surface area contributed by atoms with Gasteiger partial charge in [-0.1, -0.05) is 29.8 Å². The Bertz CT molecular complexity index is 1080. The predicted octanol–water partition coefficient (Wildman–Crippen LogP) is 2.35. The minimum absolute atomic E-state index is 0.141. The Balaban J connectivity index is 1.67. The van der Waals surface area contributed by atoms with Crippen LogP contribution in [0.25, 0.3) is 10.9 Å². The summed E-state index contributed by atoms with van der Waals surface area (Å²) in [6, 6.07) is 13.5. The number of rotatable bonds is 6. The van der Waals surface area contributed by atoms with Crippen molar-refractivity contribution in [1.82, 2.24) is 20.2 Å². The number of halogens is 1. The summed E-state index contributed by atoms with van der Waals surface area (Å²) < 4.78 is 0. The highest BCUT2D eigenvalue weighted by molar-refractivity contribution is 6.30. The van der Waals surface area contributed by atoms with Crippen LogP contribution in [0.4, 0.5) is 0 Å². The van der Waals surface area contributed by atoms with E-state index in [1.54, 1.807) is 42.5 Å². The van der Waals surface area contributed by atoms with Crippen molar-refractivity contribution in [3.05, 3.63) is 75.3 Å². The quantitative estimate of drug-likeness (QED) is 0.666. The molecule has 0 atom stereocenters. The third kappa shape index (κ3) is 4.55. The zero-order chi connectivity index (χ0) is 20.1. The van der Waals surface area contributed by atoms with Crippen LogP contribution < -0.4 is 10.9 Å². The first kappa shape index (κ1) is 19.6. The molecule has 0 spiro atoms. The molecule has 2 N–H and O–H groups in total. The summed E-state index contributed by atoms with van der Waals surface area (Å²) in [7, 11) is 0. The number of carbonyl (C=O) groups is 2. The zero-order valence-electron chi connectivity index (χ0n) is 15.2. The number of amides is 2. The number of H-pyrrole nitrogens is 1. The number of aromatic amines is 1. The molecule has 0 saturated heterocycles. The van der Waals surface area contributed by atoms with E-state index in [1.165, 1.54) is 11.0 Å². The summed E-state index contributed by atoms with van der Waals surface area (Å²) >= 11 is 5.88. The van der Waals surface area contributed by atoms with Crippen LogP contribution in [-0.4, -0.2) is 39.8 Å². The van der Waals surface area contributed by atoms with Crippen LogP contribution in [0.3, 0.4) is 0 Å². The number of carbonyl (C=O) groups excluding carboxylic acids is 2. The molecule has 0 saturated carbocycles. The maximum atomic E-state index is 12.5. The first-order valence-electron chi connectivity index (χ1n) is 8.77. The number of likely N-dealkylation sites (N-methyl/N-ethyl adjacent to an activating group) is 1. The van der Waals surface area contributed by atoms with Crippen LogP contribution in [0.15, 0.2) is 53.3 Å². The van der Waals surface area contributed by atoms with E-state index in [-0.39, 0.29) is 30.5 Å². The second-order valence-electron chi connectivity index (χ2n) is 6.13. The van der Waals surface area contributed by atoms with Crippen molar-refractivity contribution in [2.75, 3.05) is 13.1 Å². The molecule has 144 valence electrons. The highest BCUT2D eigenvalue weighted by Gasteiger charge is 2.16. The molecule has 0 radical (unpaired) electrons. The van der Waals surface area contributed by atoms with Crippen molar-refractivity contribution in [2.24, 2.45) is 0 Å². The Morgan fingerprint density at radius 3 is 2.71 bits per heavy atom. The summed E-state index contributed by atoms with van der Waals surface area (Å²) in [6.07, 6.45) is 0. The lowest BCUT2D eigenvalue weighted by molar-refractivity contribution is -0.130. The average Bonchev–Trinajstić information content (AvgIpc) is 2.70. The molecule has 3 aromatic rings. The van der Waals surface area contributed by atoms with Gasteiger partial charge in [0.25, 0.3) is 11.5 Å². The van der Waals surface area contributed by atoms with Gasteiger partial charge in [0.2, 0.25) is 5.91 Å². The van der Waals surface area contributed by atoms with Crippen LogP contribution in [0, 0.1) is 0 Å². The number of nitrogens with one attached hydrogen (secondary N) is 2. The molecule has 2 aromatic carbocycles. The van der Waals surface area contributed by atoms with Crippen molar-refractivity contribution in [1.29, 1.82) is 0 Å². The monoisotopic (exact) mass is 398 g/mol. The Labute approximate surface area is 166 Å². The topological polar surface area (TPSA) is 95.2 Å². The molecule has 8 heteroatoms. The number of fused-ring (bicyclic) bond motifs is 1. The van der Waals surface area contributed by atoms with Gasteiger partial charge < -0.3 is 15.2 Å². The summed E-state index contributed by atoms with van der Waals surface area (Å²) in [4.78, 5) is 45.4. The highest BCUT2D eigenvalue weighted by atomic mass is 35.5. The standard InChI is InChI=1S/C20H19ClN4O3/c1-2-25(12-17-23-16-9-4-3-8-15(16)20(28)24-17)18(26)11-22-19(27)13-6-5-7-14(21)10-13/h3-10H,2,11-12H2,1H3,(H,22,27)(H,23,24,28). The van der Waals surface area contributed by atoms with Crippen LogP contribution >= 0.6 is 11.6 Å². The van der Waals surface area contributed by atoms with Crippen molar-refractivity contribution in [3.63, 3.8) is 0 Å². The van der Waals surface area contributed by atoms with Crippen molar-refractivity contribution in [2.45, 2.75) is 13.5 Å². The first-order chi connectivity index (χ1) is 13.5. The fourth-order valence-corrected chi connectivity index (χ4v) is 2.96. The lowest BCUT2D eigenvalue weighted by Gasteiger charge is -2.20. The van der Waals surface area contributed by atoms with E-state index in [9.17, 15) is 14.4 Å². The number of para-hydroxylation sites is 1. The van der Waals surface area contributed by atoms with Gasteiger partial charge in [0.15, 0.2) is 0 Å². The van der Waals surface area contributed by atoms with Crippen LogP contribution in [0.2, 0.25) is 5.02 Å². The molecular formula is C20H19ClN4O3. The van der Waals surface area contributed by atoms with Gasteiger partial charge in [-0.3, -0.25) is 14.4 Å². The van der Waals surface area contributed by atoms with Gasteiger partial charge in [-0.2, -0.15) is 0 Å². The molecule has 0 unspecified atom stereocenters.